The van der Waals surface area contributed by atoms with E-state index >= 15 is 0 Å². The summed E-state index contributed by atoms with van der Waals surface area (Å²) >= 11 is 2.87. The Bertz CT molecular complexity index is 1120. The Morgan fingerprint density at radius 3 is 2.50 bits per heavy atom. The molecule has 1 N–H and O–H groups in total. The molecule has 0 spiro atoms. The number of sulfonamides is 1. The Hall–Kier alpha value is -2.63. The minimum atomic E-state index is -3.48. The molecule has 11 heteroatoms. The number of aromatic nitrogens is 2. The van der Waals surface area contributed by atoms with Crippen molar-refractivity contribution in [3.8, 4) is 5.75 Å². The third kappa shape index (κ3) is 7.21. The highest BCUT2D eigenvalue weighted by Gasteiger charge is 2.18. The zero-order chi connectivity index (χ0) is 23.0. The number of anilines is 2. The van der Waals surface area contributed by atoms with Crippen molar-refractivity contribution >= 4 is 49.8 Å². The van der Waals surface area contributed by atoms with Crippen LogP contribution in [0.15, 0.2) is 58.9 Å². The van der Waals surface area contributed by atoms with Crippen LogP contribution in [-0.2, 0) is 20.6 Å². The third-order valence-corrected chi connectivity index (χ3v) is 7.62. The van der Waals surface area contributed by atoms with Crippen molar-refractivity contribution in [3.05, 3.63) is 60.2 Å². The summed E-state index contributed by atoms with van der Waals surface area (Å²) in [6.07, 6.45) is 1.67. The first kappa shape index (κ1) is 24.0. The Labute approximate surface area is 196 Å². The van der Waals surface area contributed by atoms with Gasteiger partial charge in [-0.1, -0.05) is 53.4 Å². The van der Waals surface area contributed by atoms with E-state index in [1.807, 2.05) is 30.3 Å². The first-order valence-corrected chi connectivity index (χ1v) is 13.4. The molecule has 0 aliphatic heterocycles. The highest BCUT2D eigenvalue weighted by Crippen LogP contribution is 2.28. The Morgan fingerprint density at radius 1 is 1.12 bits per heavy atom. The van der Waals surface area contributed by atoms with E-state index in [0.29, 0.717) is 23.0 Å². The Kier molecular flexibility index (Phi) is 8.48. The van der Waals surface area contributed by atoms with Crippen LogP contribution in [0.4, 0.5) is 10.8 Å². The Morgan fingerprint density at radius 2 is 1.84 bits per heavy atom. The maximum atomic E-state index is 12.3. The van der Waals surface area contributed by atoms with Crippen molar-refractivity contribution in [3.63, 3.8) is 0 Å². The van der Waals surface area contributed by atoms with Crippen molar-refractivity contribution in [2.75, 3.05) is 29.5 Å². The summed E-state index contributed by atoms with van der Waals surface area (Å²) in [4.78, 5) is 12.3. The number of benzene rings is 2. The second-order valence-corrected chi connectivity index (χ2v) is 10.9. The number of thioether (sulfide) groups is 1. The molecule has 0 saturated carbocycles. The third-order valence-electron chi connectivity index (χ3n) is 4.38. The summed E-state index contributed by atoms with van der Waals surface area (Å²) in [5.74, 6) is 1.18. The molecule has 1 aromatic heterocycles. The van der Waals surface area contributed by atoms with Gasteiger partial charge in [-0.3, -0.25) is 9.10 Å². The van der Waals surface area contributed by atoms with Gasteiger partial charge in [-0.05, 0) is 36.2 Å². The number of nitrogens with zero attached hydrogens (tertiary/aromatic N) is 3. The maximum absolute atomic E-state index is 12.3. The van der Waals surface area contributed by atoms with E-state index in [2.05, 4.69) is 15.5 Å². The van der Waals surface area contributed by atoms with E-state index in [-0.39, 0.29) is 18.9 Å². The smallest absolute Gasteiger partial charge is 0.232 e. The molecule has 0 unspecified atom stereocenters. The molecule has 170 valence electrons. The molecule has 0 radical (unpaired) electrons. The number of ether oxygens (including phenoxy) is 1. The van der Waals surface area contributed by atoms with Crippen LogP contribution < -0.4 is 14.4 Å². The number of methoxy groups -OCH3 is 1. The Balaban J connectivity index is 1.48. The monoisotopic (exact) mass is 492 g/mol. The van der Waals surface area contributed by atoms with Crippen LogP contribution in [0, 0.1) is 0 Å². The molecule has 0 aliphatic rings. The molecule has 2 aromatic carbocycles. The number of rotatable bonds is 11. The first-order chi connectivity index (χ1) is 15.3. The van der Waals surface area contributed by atoms with Crippen molar-refractivity contribution in [1.82, 2.24) is 10.2 Å². The number of carbonyl (C=O) groups excluding carboxylic acids is 1. The van der Waals surface area contributed by atoms with Gasteiger partial charge in [-0.25, -0.2) is 8.42 Å². The summed E-state index contributed by atoms with van der Waals surface area (Å²) in [5.41, 5.74) is 1.71. The first-order valence-electron chi connectivity index (χ1n) is 9.77. The van der Waals surface area contributed by atoms with Crippen molar-refractivity contribution < 1.29 is 17.9 Å². The van der Waals surface area contributed by atoms with Crippen molar-refractivity contribution in [2.24, 2.45) is 0 Å². The molecule has 3 rings (SSSR count). The molecule has 8 nitrogen and oxygen atoms in total. The lowest BCUT2D eigenvalue weighted by Crippen LogP contribution is -2.31. The molecular weight excluding hydrogens is 468 g/mol. The van der Waals surface area contributed by atoms with Crippen LogP contribution in [-0.4, -0.2) is 44.4 Å². The number of hydrogen-bond donors (Lipinski definition) is 1. The summed E-state index contributed by atoms with van der Waals surface area (Å²) in [5, 5.41) is 11.3. The molecule has 0 saturated heterocycles. The van der Waals surface area contributed by atoms with Gasteiger partial charge >= 0.3 is 0 Å². The fourth-order valence-electron chi connectivity index (χ4n) is 2.84. The van der Waals surface area contributed by atoms with Crippen LogP contribution in [0.2, 0.25) is 0 Å². The molecule has 0 bridgehead atoms. The van der Waals surface area contributed by atoms with Crippen LogP contribution in [0.5, 0.6) is 5.75 Å². The maximum Gasteiger partial charge on any atom is 0.232 e. The minimum absolute atomic E-state index is 0.161. The molecule has 0 fully saturated rings. The topological polar surface area (TPSA) is 101 Å². The SMILES string of the molecule is COc1ccc(N(CCCC(=O)Nc2nnc(SCc3ccccc3)s2)S(C)(=O)=O)cc1. The fourth-order valence-corrected chi connectivity index (χ4v) is 5.53. The van der Waals surface area contributed by atoms with E-state index in [1.165, 1.54) is 21.2 Å². The van der Waals surface area contributed by atoms with Gasteiger partial charge in [0.05, 0.1) is 19.1 Å². The van der Waals surface area contributed by atoms with Gasteiger partial charge < -0.3 is 10.1 Å². The van der Waals surface area contributed by atoms with Crippen molar-refractivity contribution in [1.29, 1.82) is 0 Å². The molecular formula is C21H24N4O4S3. The van der Waals surface area contributed by atoms with E-state index in [1.54, 1.807) is 43.1 Å². The summed E-state index contributed by atoms with van der Waals surface area (Å²) < 4.78 is 31.6. The lowest BCUT2D eigenvalue weighted by molar-refractivity contribution is -0.116. The van der Waals surface area contributed by atoms with Gasteiger partial charge in [-0.2, -0.15) is 0 Å². The minimum Gasteiger partial charge on any atom is -0.497 e. The number of carbonyl (C=O) groups is 1. The highest BCUT2D eigenvalue weighted by atomic mass is 32.2. The highest BCUT2D eigenvalue weighted by molar-refractivity contribution is 8.00. The standard InChI is InChI=1S/C21H24N4O4S3/c1-29-18-12-10-17(11-13-18)25(32(2,27)28)14-6-9-19(26)22-20-23-24-21(31-20)30-15-16-7-4-3-5-8-16/h3-5,7-8,10-13H,6,9,14-15H2,1-2H3,(H,22,23,26). The van der Waals surface area contributed by atoms with Gasteiger partial charge in [-0.15, -0.1) is 10.2 Å². The predicted octanol–water partition coefficient (Wildman–Crippen LogP) is 4.02. The number of nitrogens with one attached hydrogen (secondary N) is 1. The van der Waals surface area contributed by atoms with E-state index < -0.39 is 10.0 Å². The molecule has 1 heterocycles. The average Bonchev–Trinajstić information content (AvgIpc) is 3.22. The largest absolute Gasteiger partial charge is 0.497 e. The van der Waals surface area contributed by atoms with Gasteiger partial charge in [0.25, 0.3) is 0 Å². The van der Waals surface area contributed by atoms with Gasteiger partial charge in [0.2, 0.25) is 21.1 Å². The second-order valence-electron chi connectivity index (χ2n) is 6.83. The summed E-state index contributed by atoms with van der Waals surface area (Å²) in [7, 11) is -1.94. The quantitative estimate of drug-likeness (QED) is 0.319. The van der Waals surface area contributed by atoms with Crippen LogP contribution in [0.3, 0.4) is 0 Å². The van der Waals surface area contributed by atoms with Crippen LogP contribution in [0.25, 0.3) is 0 Å². The van der Waals surface area contributed by atoms with E-state index in [0.717, 1.165) is 16.3 Å². The summed E-state index contributed by atoms with van der Waals surface area (Å²) in [6, 6.07) is 16.8. The zero-order valence-electron chi connectivity index (χ0n) is 17.7. The van der Waals surface area contributed by atoms with Gasteiger partial charge in [0.15, 0.2) is 4.34 Å². The molecule has 32 heavy (non-hydrogen) atoms. The van der Waals surface area contributed by atoms with E-state index in [9.17, 15) is 13.2 Å². The molecule has 0 atom stereocenters. The zero-order valence-corrected chi connectivity index (χ0v) is 20.2. The normalized spacial score (nSPS) is 11.2. The van der Waals surface area contributed by atoms with Gasteiger partial charge in [0.1, 0.15) is 5.75 Å². The fraction of sp³-hybridized carbons (Fsp3) is 0.286. The summed E-state index contributed by atoms with van der Waals surface area (Å²) in [6.45, 7) is 0.187. The lowest BCUT2D eigenvalue weighted by Gasteiger charge is -2.22. The van der Waals surface area contributed by atoms with Gasteiger partial charge in [0, 0.05) is 18.7 Å². The van der Waals surface area contributed by atoms with Crippen LogP contribution >= 0.6 is 23.1 Å². The molecule has 1 amide bonds. The van der Waals surface area contributed by atoms with Crippen molar-refractivity contribution in [2.45, 2.75) is 22.9 Å². The number of hydrogen-bond acceptors (Lipinski definition) is 8. The van der Waals surface area contributed by atoms with Crippen LogP contribution in [0.1, 0.15) is 18.4 Å². The predicted molar refractivity (Wildman–Crippen MR) is 129 cm³/mol. The lowest BCUT2D eigenvalue weighted by atomic mass is 10.2. The number of amides is 1. The molecule has 3 aromatic rings. The van der Waals surface area contributed by atoms with E-state index in [4.69, 9.17) is 4.74 Å². The second kappa shape index (κ2) is 11.3. The average molecular weight is 493 g/mol. The molecule has 0 aliphatic carbocycles.